The molecule has 0 fully saturated rings. The first-order chi connectivity index (χ1) is 13.8. The topological polar surface area (TPSA) is 82.5 Å². The van der Waals surface area contributed by atoms with Gasteiger partial charge in [0.25, 0.3) is 5.89 Å². The molecule has 8 heteroatoms. The molecule has 0 saturated carbocycles. The second kappa shape index (κ2) is 7.40. The maximum absolute atomic E-state index is 5.96. The normalized spacial score (nSPS) is 11.8. The van der Waals surface area contributed by atoms with Gasteiger partial charge in [0.05, 0.1) is 6.54 Å². The first-order valence-corrected chi connectivity index (χ1v) is 9.64. The number of pyridine rings is 1. The minimum atomic E-state index is 0.0915. The zero-order valence-corrected chi connectivity index (χ0v) is 17.5. The Morgan fingerprint density at radius 1 is 1.03 bits per heavy atom. The predicted octanol–water partition coefficient (Wildman–Crippen LogP) is 4.70. The van der Waals surface area contributed by atoms with Crippen molar-refractivity contribution in [2.45, 2.75) is 39.7 Å². The van der Waals surface area contributed by atoms with E-state index in [0.717, 1.165) is 17.0 Å². The fraction of sp³-hybridized carbons (Fsp3) is 0.286. The lowest BCUT2D eigenvalue weighted by atomic mass is 9.87. The fourth-order valence-electron chi connectivity index (χ4n) is 2.93. The number of rotatable bonds is 4. The van der Waals surface area contributed by atoms with Crippen LogP contribution in [0.4, 0.5) is 0 Å². The molecule has 0 radical (unpaired) electrons. The first kappa shape index (κ1) is 19.3. The van der Waals surface area contributed by atoms with E-state index < -0.39 is 0 Å². The summed E-state index contributed by atoms with van der Waals surface area (Å²) in [5, 5.41) is 9.04. The summed E-state index contributed by atoms with van der Waals surface area (Å²) >= 11 is 5.96. The molecular weight excluding hydrogens is 388 g/mol. The van der Waals surface area contributed by atoms with Crippen LogP contribution in [0.2, 0.25) is 5.15 Å². The highest BCUT2D eigenvalue weighted by Gasteiger charge is 2.18. The molecule has 0 bridgehead atoms. The molecule has 0 aliphatic carbocycles. The Morgan fingerprint density at radius 3 is 2.48 bits per heavy atom. The Morgan fingerprint density at radius 2 is 1.79 bits per heavy atom. The van der Waals surface area contributed by atoms with Crippen molar-refractivity contribution < 1.29 is 4.52 Å². The van der Waals surface area contributed by atoms with Crippen LogP contribution in [0.25, 0.3) is 23.1 Å². The lowest BCUT2D eigenvalue weighted by Gasteiger charge is -2.18. The summed E-state index contributed by atoms with van der Waals surface area (Å²) in [5.41, 5.74) is 3.20. The number of halogens is 1. The molecule has 3 aromatic heterocycles. The van der Waals surface area contributed by atoms with E-state index in [1.165, 1.54) is 5.56 Å². The van der Waals surface area contributed by atoms with Gasteiger partial charge < -0.3 is 4.52 Å². The Labute approximate surface area is 173 Å². The van der Waals surface area contributed by atoms with E-state index in [9.17, 15) is 0 Å². The van der Waals surface area contributed by atoms with Crippen molar-refractivity contribution >= 4 is 11.6 Å². The van der Waals surface area contributed by atoms with Crippen molar-refractivity contribution in [3.63, 3.8) is 0 Å². The zero-order valence-electron chi connectivity index (χ0n) is 16.7. The minimum Gasteiger partial charge on any atom is -0.330 e. The predicted molar refractivity (Wildman–Crippen MR) is 111 cm³/mol. The Bertz CT molecular complexity index is 1140. The fourth-order valence-corrected chi connectivity index (χ4v) is 3.12. The highest BCUT2D eigenvalue weighted by atomic mass is 35.5. The van der Waals surface area contributed by atoms with E-state index in [-0.39, 0.29) is 11.3 Å². The van der Waals surface area contributed by atoms with Gasteiger partial charge in [-0.25, -0.2) is 14.6 Å². The summed E-state index contributed by atoms with van der Waals surface area (Å²) in [6.45, 7) is 8.94. The van der Waals surface area contributed by atoms with Gasteiger partial charge in [0.1, 0.15) is 11.0 Å². The van der Waals surface area contributed by atoms with Crippen LogP contribution in [0.15, 0.2) is 47.1 Å². The maximum atomic E-state index is 5.96. The summed E-state index contributed by atoms with van der Waals surface area (Å²) in [7, 11) is 0. The maximum Gasteiger partial charge on any atom is 0.297 e. The molecule has 0 amide bonds. The Balaban J connectivity index is 1.57. The van der Waals surface area contributed by atoms with Crippen molar-refractivity contribution in [2.75, 3.05) is 0 Å². The average molecular weight is 409 g/mol. The number of aromatic nitrogens is 6. The third-order valence-electron chi connectivity index (χ3n) is 4.61. The summed E-state index contributed by atoms with van der Waals surface area (Å²) < 4.78 is 7.18. The number of nitrogens with zero attached hydrogens (tertiary/aromatic N) is 6. The van der Waals surface area contributed by atoms with Gasteiger partial charge in [0.15, 0.2) is 0 Å². The number of benzene rings is 1. The van der Waals surface area contributed by atoms with E-state index in [1.54, 1.807) is 16.9 Å². The molecule has 0 aliphatic heterocycles. The van der Waals surface area contributed by atoms with Crippen LogP contribution in [0.1, 0.15) is 37.7 Å². The van der Waals surface area contributed by atoms with Gasteiger partial charge in [-0.2, -0.15) is 4.98 Å². The molecule has 1 aromatic carbocycles. The van der Waals surface area contributed by atoms with Crippen LogP contribution < -0.4 is 0 Å². The van der Waals surface area contributed by atoms with E-state index in [1.807, 2.05) is 25.1 Å². The number of aryl methyl sites for hydroxylation is 1. The number of hydrogen-bond acceptors (Lipinski definition) is 6. The molecule has 4 rings (SSSR count). The standard InChI is InChI=1S/C21H21ClN6O/c1-13-24-19(26-28(13)12-14-9-10-23-17(22)11-14)20-25-18(27-29-20)15-5-7-16(8-6-15)21(2,3)4/h5-11H,12H2,1-4H3. The molecule has 0 N–H and O–H groups in total. The SMILES string of the molecule is Cc1nc(-c2nc(-c3ccc(C(C)(C)C)cc3)no2)nn1Cc1ccnc(Cl)c1. The third kappa shape index (κ3) is 4.19. The largest absolute Gasteiger partial charge is 0.330 e. The Hall–Kier alpha value is -3.06. The van der Waals surface area contributed by atoms with Gasteiger partial charge in [-0.05, 0) is 35.6 Å². The van der Waals surface area contributed by atoms with Crippen molar-refractivity contribution in [2.24, 2.45) is 0 Å². The van der Waals surface area contributed by atoms with Gasteiger partial charge in [-0.15, -0.1) is 5.10 Å². The monoisotopic (exact) mass is 408 g/mol. The highest BCUT2D eigenvalue weighted by molar-refractivity contribution is 6.29. The lowest BCUT2D eigenvalue weighted by Crippen LogP contribution is -2.10. The van der Waals surface area contributed by atoms with Crippen LogP contribution in [-0.2, 0) is 12.0 Å². The second-order valence-electron chi connectivity index (χ2n) is 7.88. The van der Waals surface area contributed by atoms with Crippen LogP contribution in [0, 0.1) is 6.92 Å². The lowest BCUT2D eigenvalue weighted by molar-refractivity contribution is 0.429. The minimum absolute atomic E-state index is 0.0915. The van der Waals surface area contributed by atoms with E-state index >= 15 is 0 Å². The molecule has 4 aromatic rings. The van der Waals surface area contributed by atoms with Gasteiger partial charge in [0.2, 0.25) is 11.6 Å². The molecule has 3 heterocycles. The molecule has 0 atom stereocenters. The van der Waals surface area contributed by atoms with E-state index in [2.05, 4.69) is 58.1 Å². The van der Waals surface area contributed by atoms with Crippen molar-refractivity contribution in [1.29, 1.82) is 0 Å². The molecule has 0 saturated heterocycles. The quantitative estimate of drug-likeness (QED) is 0.455. The van der Waals surface area contributed by atoms with E-state index in [4.69, 9.17) is 16.1 Å². The van der Waals surface area contributed by atoms with Crippen molar-refractivity contribution in [3.8, 4) is 23.1 Å². The van der Waals surface area contributed by atoms with Crippen LogP contribution >= 0.6 is 11.6 Å². The first-order valence-electron chi connectivity index (χ1n) is 9.26. The third-order valence-corrected chi connectivity index (χ3v) is 4.81. The van der Waals surface area contributed by atoms with Gasteiger partial charge in [0, 0.05) is 11.8 Å². The van der Waals surface area contributed by atoms with Crippen LogP contribution in [-0.4, -0.2) is 29.9 Å². The molecule has 7 nitrogen and oxygen atoms in total. The van der Waals surface area contributed by atoms with Gasteiger partial charge in [-0.3, -0.25) is 0 Å². The molecule has 0 unspecified atom stereocenters. The average Bonchev–Trinajstić information content (AvgIpc) is 3.29. The molecule has 0 spiro atoms. The molecule has 0 aliphatic rings. The summed E-state index contributed by atoms with van der Waals surface area (Å²) in [4.78, 5) is 12.9. The number of hydrogen-bond donors (Lipinski definition) is 0. The smallest absolute Gasteiger partial charge is 0.297 e. The zero-order chi connectivity index (χ0) is 20.6. The highest BCUT2D eigenvalue weighted by Crippen LogP contribution is 2.26. The van der Waals surface area contributed by atoms with Gasteiger partial charge >= 0.3 is 0 Å². The van der Waals surface area contributed by atoms with Crippen LogP contribution in [0.3, 0.4) is 0 Å². The van der Waals surface area contributed by atoms with Gasteiger partial charge in [-0.1, -0.05) is 61.8 Å². The van der Waals surface area contributed by atoms with Crippen LogP contribution in [0.5, 0.6) is 0 Å². The summed E-state index contributed by atoms with van der Waals surface area (Å²) in [6.07, 6.45) is 1.67. The molecule has 148 valence electrons. The molecule has 29 heavy (non-hydrogen) atoms. The van der Waals surface area contributed by atoms with E-state index in [0.29, 0.717) is 23.3 Å². The van der Waals surface area contributed by atoms with Crippen molar-refractivity contribution in [3.05, 3.63) is 64.7 Å². The Kier molecular flexibility index (Phi) is 4.92. The summed E-state index contributed by atoms with van der Waals surface area (Å²) in [5.74, 6) is 1.93. The summed E-state index contributed by atoms with van der Waals surface area (Å²) in [6, 6.07) is 11.9. The molecular formula is C21H21ClN6O. The van der Waals surface area contributed by atoms with Crippen molar-refractivity contribution in [1.82, 2.24) is 29.9 Å². The second-order valence-corrected chi connectivity index (χ2v) is 8.26.